The molecular weight excluding hydrogens is 192 g/mol. The molecule has 0 aromatic rings. The van der Waals surface area contributed by atoms with Crippen LogP contribution in [0.25, 0.3) is 0 Å². The van der Waals surface area contributed by atoms with Crippen LogP contribution in [0.5, 0.6) is 0 Å². The van der Waals surface area contributed by atoms with Crippen LogP contribution in [0.15, 0.2) is 0 Å². The predicted molar refractivity (Wildman–Crippen MR) is 61.1 cm³/mol. The van der Waals surface area contributed by atoms with Gasteiger partial charge in [0.15, 0.2) is 0 Å². The monoisotopic (exact) mass is 216 g/mol. The van der Waals surface area contributed by atoms with Crippen molar-refractivity contribution in [1.29, 1.82) is 0 Å². The van der Waals surface area contributed by atoms with Crippen LogP contribution < -0.4 is 11.3 Å². The average molecular weight is 216 g/mol. The molecule has 15 heavy (non-hydrogen) atoms. The largest absolute Gasteiger partial charge is 0.378 e. The second kappa shape index (κ2) is 8.68. The number of carbonyl (C=O) groups is 1. The number of nitrogens with one attached hydrogen (secondary N) is 1. The van der Waals surface area contributed by atoms with E-state index >= 15 is 0 Å². The van der Waals surface area contributed by atoms with E-state index in [9.17, 15) is 4.79 Å². The first-order valence-electron chi connectivity index (χ1n) is 5.71. The Morgan fingerprint density at radius 1 is 1.40 bits per heavy atom. The molecule has 0 aliphatic rings. The minimum absolute atomic E-state index is 0.126. The van der Waals surface area contributed by atoms with Crippen LogP contribution in [0.4, 0.5) is 0 Å². The zero-order valence-electron chi connectivity index (χ0n) is 10.1. The van der Waals surface area contributed by atoms with E-state index in [4.69, 9.17) is 10.6 Å². The Hall–Kier alpha value is -0.610. The van der Waals surface area contributed by atoms with E-state index in [1.807, 2.05) is 6.92 Å². The summed E-state index contributed by atoms with van der Waals surface area (Å²) in [6.45, 7) is 7.12. The van der Waals surface area contributed by atoms with Crippen LogP contribution in [0.3, 0.4) is 0 Å². The van der Waals surface area contributed by atoms with Crippen LogP contribution in [0, 0.1) is 5.92 Å². The van der Waals surface area contributed by atoms with Gasteiger partial charge in [-0.1, -0.05) is 20.3 Å². The van der Waals surface area contributed by atoms with Crippen LogP contribution in [0.2, 0.25) is 0 Å². The average Bonchev–Trinajstić information content (AvgIpc) is 2.23. The lowest BCUT2D eigenvalue weighted by Gasteiger charge is -2.16. The van der Waals surface area contributed by atoms with E-state index in [0.29, 0.717) is 12.3 Å². The van der Waals surface area contributed by atoms with Gasteiger partial charge in [0.1, 0.15) is 0 Å². The summed E-state index contributed by atoms with van der Waals surface area (Å²) in [5, 5.41) is 0. The fourth-order valence-electron chi connectivity index (χ4n) is 1.39. The van der Waals surface area contributed by atoms with E-state index in [-0.39, 0.29) is 12.0 Å². The first-order chi connectivity index (χ1) is 7.10. The number of hydrogen-bond acceptors (Lipinski definition) is 3. The molecule has 0 spiro atoms. The first kappa shape index (κ1) is 14.4. The SMILES string of the molecule is CCCC(C)COC(C)CCC(=O)NN. The molecule has 0 aliphatic carbocycles. The summed E-state index contributed by atoms with van der Waals surface area (Å²) in [7, 11) is 0. The quantitative estimate of drug-likeness (QED) is 0.368. The molecule has 1 amide bonds. The van der Waals surface area contributed by atoms with Gasteiger partial charge in [0, 0.05) is 13.0 Å². The number of hydrazine groups is 1. The van der Waals surface area contributed by atoms with Crippen molar-refractivity contribution in [3.63, 3.8) is 0 Å². The Labute approximate surface area is 92.5 Å². The Morgan fingerprint density at radius 3 is 2.60 bits per heavy atom. The zero-order chi connectivity index (χ0) is 11.7. The van der Waals surface area contributed by atoms with Gasteiger partial charge >= 0.3 is 0 Å². The summed E-state index contributed by atoms with van der Waals surface area (Å²) in [4.78, 5) is 10.9. The molecule has 2 unspecified atom stereocenters. The zero-order valence-corrected chi connectivity index (χ0v) is 10.1. The summed E-state index contributed by atoms with van der Waals surface area (Å²) in [6.07, 6.45) is 3.66. The van der Waals surface area contributed by atoms with Crippen molar-refractivity contribution in [3.8, 4) is 0 Å². The number of nitrogens with two attached hydrogens (primary N) is 1. The minimum atomic E-state index is -0.132. The van der Waals surface area contributed by atoms with Crippen molar-refractivity contribution >= 4 is 5.91 Å². The molecule has 0 heterocycles. The fraction of sp³-hybridized carbons (Fsp3) is 0.909. The summed E-state index contributed by atoms with van der Waals surface area (Å²) < 4.78 is 5.63. The Kier molecular flexibility index (Phi) is 8.33. The molecule has 3 N–H and O–H groups in total. The maximum absolute atomic E-state index is 10.9. The lowest BCUT2D eigenvalue weighted by Crippen LogP contribution is -2.30. The van der Waals surface area contributed by atoms with Gasteiger partial charge in [-0.05, 0) is 25.7 Å². The van der Waals surface area contributed by atoms with Gasteiger partial charge < -0.3 is 4.74 Å². The highest BCUT2D eigenvalue weighted by molar-refractivity contribution is 5.75. The number of hydrogen-bond donors (Lipinski definition) is 2. The number of rotatable bonds is 8. The summed E-state index contributed by atoms with van der Waals surface area (Å²) >= 11 is 0. The van der Waals surface area contributed by atoms with E-state index in [1.165, 1.54) is 12.8 Å². The summed E-state index contributed by atoms with van der Waals surface area (Å²) in [6, 6.07) is 0. The summed E-state index contributed by atoms with van der Waals surface area (Å²) in [5.41, 5.74) is 2.11. The van der Waals surface area contributed by atoms with Gasteiger partial charge in [-0.3, -0.25) is 10.2 Å². The molecule has 0 aromatic heterocycles. The van der Waals surface area contributed by atoms with Crippen LogP contribution in [-0.4, -0.2) is 18.6 Å². The molecule has 4 heteroatoms. The van der Waals surface area contributed by atoms with Gasteiger partial charge in [-0.2, -0.15) is 0 Å². The van der Waals surface area contributed by atoms with Crippen molar-refractivity contribution in [2.24, 2.45) is 11.8 Å². The van der Waals surface area contributed by atoms with Crippen LogP contribution >= 0.6 is 0 Å². The maximum atomic E-state index is 10.9. The molecule has 0 saturated heterocycles. The molecule has 0 saturated carbocycles. The second-order valence-corrected chi connectivity index (χ2v) is 4.14. The standard InChI is InChI=1S/C11H24N2O2/c1-4-5-9(2)8-15-10(3)6-7-11(14)13-12/h9-10H,4-8,12H2,1-3H3,(H,13,14). The molecule has 0 rings (SSSR count). The molecular formula is C11H24N2O2. The van der Waals surface area contributed by atoms with Gasteiger partial charge in [-0.25, -0.2) is 5.84 Å². The normalized spacial score (nSPS) is 14.7. The third-order valence-corrected chi connectivity index (χ3v) is 2.39. The van der Waals surface area contributed by atoms with Gasteiger partial charge in [0.2, 0.25) is 5.91 Å². The molecule has 0 aromatic carbocycles. The van der Waals surface area contributed by atoms with Crippen LogP contribution in [-0.2, 0) is 9.53 Å². The Morgan fingerprint density at radius 2 is 2.07 bits per heavy atom. The summed E-state index contributed by atoms with van der Waals surface area (Å²) in [5.74, 6) is 5.45. The molecule has 0 aliphatic heterocycles. The van der Waals surface area contributed by atoms with E-state index in [2.05, 4.69) is 19.3 Å². The maximum Gasteiger partial charge on any atom is 0.233 e. The van der Waals surface area contributed by atoms with Gasteiger partial charge in [-0.15, -0.1) is 0 Å². The highest BCUT2D eigenvalue weighted by Crippen LogP contribution is 2.09. The molecule has 0 radical (unpaired) electrons. The lowest BCUT2D eigenvalue weighted by atomic mass is 10.1. The molecule has 0 fully saturated rings. The fourth-order valence-corrected chi connectivity index (χ4v) is 1.39. The van der Waals surface area contributed by atoms with Crippen molar-refractivity contribution in [1.82, 2.24) is 5.43 Å². The highest BCUT2D eigenvalue weighted by Gasteiger charge is 2.08. The number of carbonyl (C=O) groups excluding carboxylic acids is 1. The van der Waals surface area contributed by atoms with Crippen LogP contribution in [0.1, 0.15) is 46.5 Å². The lowest BCUT2D eigenvalue weighted by molar-refractivity contribution is -0.121. The predicted octanol–water partition coefficient (Wildman–Crippen LogP) is 1.60. The van der Waals surface area contributed by atoms with Crippen molar-refractivity contribution in [2.45, 2.75) is 52.6 Å². The molecule has 0 bridgehead atoms. The topological polar surface area (TPSA) is 64.3 Å². The Bertz CT molecular complexity index is 174. The third kappa shape index (κ3) is 8.39. The van der Waals surface area contributed by atoms with E-state index < -0.39 is 0 Å². The van der Waals surface area contributed by atoms with Crippen molar-refractivity contribution in [3.05, 3.63) is 0 Å². The third-order valence-electron chi connectivity index (χ3n) is 2.39. The van der Waals surface area contributed by atoms with Gasteiger partial charge in [0.25, 0.3) is 0 Å². The first-order valence-corrected chi connectivity index (χ1v) is 5.71. The smallest absolute Gasteiger partial charge is 0.233 e. The molecule has 2 atom stereocenters. The number of ether oxygens (including phenoxy) is 1. The minimum Gasteiger partial charge on any atom is -0.378 e. The van der Waals surface area contributed by atoms with Crippen molar-refractivity contribution < 1.29 is 9.53 Å². The molecule has 90 valence electrons. The van der Waals surface area contributed by atoms with Crippen molar-refractivity contribution in [2.75, 3.05) is 6.61 Å². The number of amides is 1. The Balaban J connectivity index is 3.48. The molecule has 4 nitrogen and oxygen atoms in total. The van der Waals surface area contributed by atoms with Gasteiger partial charge in [0.05, 0.1) is 6.10 Å². The highest BCUT2D eigenvalue weighted by atomic mass is 16.5. The van der Waals surface area contributed by atoms with E-state index in [1.54, 1.807) is 0 Å². The second-order valence-electron chi connectivity index (χ2n) is 4.14. The van der Waals surface area contributed by atoms with E-state index in [0.717, 1.165) is 13.0 Å².